The van der Waals surface area contributed by atoms with E-state index in [1.54, 1.807) is 30.3 Å². The molecular formula is C11H11FN2O. The average molecular weight is 206 g/mol. The van der Waals surface area contributed by atoms with Crippen molar-refractivity contribution in [2.75, 3.05) is 0 Å². The molecular weight excluding hydrogens is 195 g/mol. The van der Waals surface area contributed by atoms with Crippen molar-refractivity contribution in [2.24, 2.45) is 0 Å². The molecule has 1 aromatic carbocycles. The molecule has 0 spiro atoms. The van der Waals surface area contributed by atoms with Crippen molar-refractivity contribution < 1.29 is 9.13 Å². The lowest BCUT2D eigenvalue weighted by molar-refractivity contribution is 0.428. The van der Waals surface area contributed by atoms with E-state index < -0.39 is 6.67 Å². The Balaban J connectivity index is 2.23. The summed E-state index contributed by atoms with van der Waals surface area (Å²) >= 11 is 0. The summed E-state index contributed by atoms with van der Waals surface area (Å²) in [5, 5.41) is 6.67. The topological polar surface area (TPSA) is 37.9 Å². The van der Waals surface area contributed by atoms with Gasteiger partial charge in [-0.25, -0.2) is 4.39 Å². The predicted molar refractivity (Wildman–Crippen MR) is 54.7 cm³/mol. The summed E-state index contributed by atoms with van der Waals surface area (Å²) in [6.07, 6.45) is 0. The standard InChI is InChI=1S/C11H11FN2O/c1-8-6-11(14-13-8)15-10-5-3-2-4-9(10)7-12/h2-6H,7H2,1H3,(H,13,14). The zero-order valence-electron chi connectivity index (χ0n) is 8.33. The van der Waals surface area contributed by atoms with Gasteiger partial charge in [0.2, 0.25) is 5.88 Å². The molecule has 15 heavy (non-hydrogen) atoms. The van der Waals surface area contributed by atoms with Gasteiger partial charge in [0.15, 0.2) is 0 Å². The van der Waals surface area contributed by atoms with Gasteiger partial charge in [0, 0.05) is 17.3 Å². The molecule has 0 aliphatic carbocycles. The van der Waals surface area contributed by atoms with Crippen molar-refractivity contribution in [1.82, 2.24) is 10.2 Å². The number of alkyl halides is 1. The summed E-state index contributed by atoms with van der Waals surface area (Å²) in [5.74, 6) is 0.958. The Labute approximate surface area is 86.9 Å². The van der Waals surface area contributed by atoms with Crippen molar-refractivity contribution in [2.45, 2.75) is 13.6 Å². The van der Waals surface area contributed by atoms with Crippen LogP contribution in [0.25, 0.3) is 0 Å². The fourth-order valence-corrected chi connectivity index (χ4v) is 1.27. The third kappa shape index (κ3) is 2.15. The number of aromatic nitrogens is 2. The van der Waals surface area contributed by atoms with Crippen LogP contribution < -0.4 is 4.74 Å². The van der Waals surface area contributed by atoms with Crippen LogP contribution in [0.15, 0.2) is 30.3 Å². The molecule has 78 valence electrons. The van der Waals surface area contributed by atoms with E-state index in [4.69, 9.17) is 4.74 Å². The SMILES string of the molecule is Cc1cc(Oc2ccccc2CF)n[nH]1. The quantitative estimate of drug-likeness (QED) is 0.838. The molecule has 0 atom stereocenters. The second-order valence-electron chi connectivity index (χ2n) is 3.23. The molecule has 2 rings (SSSR count). The Bertz CT molecular complexity index is 453. The molecule has 0 saturated heterocycles. The van der Waals surface area contributed by atoms with Crippen LogP contribution in [-0.2, 0) is 6.67 Å². The van der Waals surface area contributed by atoms with Gasteiger partial charge in [0.1, 0.15) is 12.4 Å². The van der Waals surface area contributed by atoms with Crippen molar-refractivity contribution >= 4 is 0 Å². The number of nitrogens with one attached hydrogen (secondary N) is 1. The molecule has 1 heterocycles. The average Bonchev–Trinajstić information content (AvgIpc) is 2.65. The molecule has 0 aliphatic rings. The van der Waals surface area contributed by atoms with E-state index in [1.165, 1.54) is 0 Å². The molecule has 0 fully saturated rings. The second kappa shape index (κ2) is 4.13. The minimum absolute atomic E-state index is 0.452. The van der Waals surface area contributed by atoms with Crippen LogP contribution >= 0.6 is 0 Å². The highest BCUT2D eigenvalue weighted by Crippen LogP contribution is 2.24. The molecule has 0 amide bonds. The Morgan fingerprint density at radius 1 is 1.40 bits per heavy atom. The molecule has 0 aliphatic heterocycles. The maximum absolute atomic E-state index is 12.6. The van der Waals surface area contributed by atoms with E-state index in [0.717, 1.165) is 5.69 Å². The summed E-state index contributed by atoms with van der Waals surface area (Å²) in [6.45, 7) is 1.33. The molecule has 1 aromatic heterocycles. The van der Waals surface area contributed by atoms with Crippen molar-refractivity contribution in [3.8, 4) is 11.6 Å². The summed E-state index contributed by atoms with van der Waals surface area (Å²) in [5.41, 5.74) is 1.43. The number of nitrogens with zero attached hydrogens (tertiary/aromatic N) is 1. The lowest BCUT2D eigenvalue weighted by Crippen LogP contribution is -1.89. The number of hydrogen-bond acceptors (Lipinski definition) is 2. The third-order valence-corrected chi connectivity index (χ3v) is 2.01. The number of hydrogen-bond donors (Lipinski definition) is 1. The van der Waals surface area contributed by atoms with E-state index in [1.807, 2.05) is 6.92 Å². The zero-order chi connectivity index (χ0) is 10.7. The van der Waals surface area contributed by atoms with E-state index in [9.17, 15) is 4.39 Å². The van der Waals surface area contributed by atoms with E-state index in [-0.39, 0.29) is 0 Å². The van der Waals surface area contributed by atoms with Gasteiger partial charge in [-0.1, -0.05) is 18.2 Å². The van der Waals surface area contributed by atoms with Gasteiger partial charge in [-0.3, -0.25) is 5.10 Å². The largest absolute Gasteiger partial charge is 0.437 e. The molecule has 0 radical (unpaired) electrons. The fraction of sp³-hybridized carbons (Fsp3) is 0.182. The first kappa shape index (κ1) is 9.71. The summed E-state index contributed by atoms with van der Waals surface area (Å²) in [6, 6.07) is 8.74. The van der Waals surface area contributed by atoms with Crippen LogP contribution in [0.1, 0.15) is 11.3 Å². The van der Waals surface area contributed by atoms with E-state index in [0.29, 0.717) is 17.2 Å². The Morgan fingerprint density at radius 3 is 2.87 bits per heavy atom. The van der Waals surface area contributed by atoms with Gasteiger partial charge in [0.25, 0.3) is 0 Å². The number of rotatable bonds is 3. The summed E-state index contributed by atoms with van der Waals surface area (Å²) in [7, 11) is 0. The molecule has 3 nitrogen and oxygen atoms in total. The van der Waals surface area contributed by atoms with Crippen molar-refractivity contribution in [1.29, 1.82) is 0 Å². The van der Waals surface area contributed by atoms with E-state index in [2.05, 4.69) is 10.2 Å². The molecule has 1 N–H and O–H groups in total. The van der Waals surface area contributed by atoms with Crippen LogP contribution in [0.5, 0.6) is 11.6 Å². The van der Waals surface area contributed by atoms with Crippen LogP contribution in [0.2, 0.25) is 0 Å². The number of H-pyrrole nitrogens is 1. The highest BCUT2D eigenvalue weighted by molar-refractivity contribution is 5.35. The molecule has 2 aromatic rings. The number of aromatic amines is 1. The Hall–Kier alpha value is -1.84. The van der Waals surface area contributed by atoms with Crippen LogP contribution in [0.4, 0.5) is 4.39 Å². The molecule has 0 unspecified atom stereocenters. The van der Waals surface area contributed by atoms with Crippen LogP contribution in [0, 0.1) is 6.92 Å². The lowest BCUT2D eigenvalue weighted by Gasteiger charge is -2.05. The van der Waals surface area contributed by atoms with Crippen LogP contribution in [-0.4, -0.2) is 10.2 Å². The van der Waals surface area contributed by atoms with Gasteiger partial charge in [-0.2, -0.15) is 0 Å². The number of aryl methyl sites for hydroxylation is 1. The summed E-state index contributed by atoms with van der Waals surface area (Å²) < 4.78 is 18.0. The third-order valence-electron chi connectivity index (χ3n) is 2.01. The summed E-state index contributed by atoms with van der Waals surface area (Å²) in [4.78, 5) is 0. The highest BCUT2D eigenvalue weighted by Gasteiger charge is 2.05. The lowest BCUT2D eigenvalue weighted by atomic mass is 10.2. The minimum atomic E-state index is -0.542. The molecule has 0 saturated carbocycles. The monoisotopic (exact) mass is 206 g/mol. The van der Waals surface area contributed by atoms with Crippen LogP contribution in [0.3, 0.4) is 0 Å². The maximum Gasteiger partial charge on any atom is 0.238 e. The van der Waals surface area contributed by atoms with Gasteiger partial charge >= 0.3 is 0 Å². The number of halogens is 1. The van der Waals surface area contributed by atoms with Gasteiger partial charge in [0.05, 0.1) is 0 Å². The first-order chi connectivity index (χ1) is 7.29. The van der Waals surface area contributed by atoms with Crippen molar-refractivity contribution in [3.63, 3.8) is 0 Å². The Morgan fingerprint density at radius 2 is 2.20 bits per heavy atom. The van der Waals surface area contributed by atoms with Crippen molar-refractivity contribution in [3.05, 3.63) is 41.6 Å². The number of benzene rings is 1. The highest BCUT2D eigenvalue weighted by atomic mass is 19.1. The Kier molecular flexibility index (Phi) is 2.67. The van der Waals surface area contributed by atoms with Gasteiger partial charge < -0.3 is 4.74 Å². The number of para-hydroxylation sites is 1. The smallest absolute Gasteiger partial charge is 0.238 e. The molecule has 0 bridgehead atoms. The predicted octanol–water partition coefficient (Wildman–Crippen LogP) is 2.98. The van der Waals surface area contributed by atoms with Gasteiger partial charge in [-0.05, 0) is 13.0 Å². The maximum atomic E-state index is 12.6. The first-order valence-corrected chi connectivity index (χ1v) is 4.63. The zero-order valence-corrected chi connectivity index (χ0v) is 8.33. The van der Waals surface area contributed by atoms with Gasteiger partial charge in [-0.15, -0.1) is 5.10 Å². The first-order valence-electron chi connectivity index (χ1n) is 4.63. The number of ether oxygens (including phenoxy) is 1. The minimum Gasteiger partial charge on any atom is -0.437 e. The van der Waals surface area contributed by atoms with E-state index >= 15 is 0 Å². The molecule has 4 heteroatoms. The fourth-order valence-electron chi connectivity index (χ4n) is 1.27. The second-order valence-corrected chi connectivity index (χ2v) is 3.23. The normalized spacial score (nSPS) is 10.3.